The van der Waals surface area contributed by atoms with Crippen LogP contribution in [0, 0.1) is 0 Å². The van der Waals surface area contributed by atoms with Gasteiger partial charge in [0, 0.05) is 24.6 Å². The summed E-state index contributed by atoms with van der Waals surface area (Å²) in [5.74, 6) is -0.361. The Balaban J connectivity index is 1.63. The molecule has 182 valence electrons. The number of carboxylic acids is 1. The number of fused-ring (bicyclic) bond motifs is 3. The molecule has 36 heavy (non-hydrogen) atoms. The summed E-state index contributed by atoms with van der Waals surface area (Å²) in [6, 6.07) is 26.4. The highest BCUT2D eigenvalue weighted by molar-refractivity contribution is 6.14. The lowest BCUT2D eigenvalue weighted by Crippen LogP contribution is -2.08. The molecule has 0 saturated heterocycles. The Bertz CT molecular complexity index is 1490. The standard InChI is InChI=1S/C30H28N2O4/c1-35-20-23-27-25(18-31-29(23)30(33)34)32(17-9-14-21-10-4-2-5-11-21)24-15-8-16-26(28(24)27)36-19-22-12-6-3-7-13-22/h2-8,10-13,15-16,18H,9,14,17,19-20H2,1H3,(H,33,34). The Morgan fingerprint density at radius 1 is 0.861 bits per heavy atom. The van der Waals surface area contributed by atoms with Crippen molar-refractivity contribution in [3.8, 4) is 5.75 Å². The number of aryl methyl sites for hydroxylation is 2. The highest BCUT2D eigenvalue weighted by atomic mass is 16.5. The van der Waals surface area contributed by atoms with Crippen LogP contribution in [0.2, 0.25) is 0 Å². The van der Waals surface area contributed by atoms with Crippen molar-refractivity contribution in [1.29, 1.82) is 0 Å². The fourth-order valence-corrected chi connectivity index (χ4v) is 4.80. The van der Waals surface area contributed by atoms with Gasteiger partial charge >= 0.3 is 5.97 Å². The highest BCUT2D eigenvalue weighted by Crippen LogP contribution is 2.39. The highest BCUT2D eigenvalue weighted by Gasteiger charge is 2.23. The lowest BCUT2D eigenvalue weighted by Gasteiger charge is -2.10. The summed E-state index contributed by atoms with van der Waals surface area (Å²) in [5, 5.41) is 11.6. The number of carboxylic acid groups (broad SMARTS) is 1. The number of pyridine rings is 1. The fraction of sp³-hybridized carbons (Fsp3) is 0.200. The van der Waals surface area contributed by atoms with Crippen molar-refractivity contribution in [1.82, 2.24) is 9.55 Å². The molecule has 6 nitrogen and oxygen atoms in total. The molecule has 0 aliphatic carbocycles. The molecular formula is C30H28N2O4. The molecule has 0 radical (unpaired) electrons. The van der Waals surface area contributed by atoms with Gasteiger partial charge in [-0.2, -0.15) is 0 Å². The van der Waals surface area contributed by atoms with Crippen LogP contribution in [-0.2, 0) is 30.9 Å². The van der Waals surface area contributed by atoms with E-state index in [1.165, 1.54) is 5.56 Å². The molecule has 0 atom stereocenters. The molecule has 0 bridgehead atoms. The van der Waals surface area contributed by atoms with Gasteiger partial charge in [-0.15, -0.1) is 0 Å². The van der Waals surface area contributed by atoms with E-state index in [0.717, 1.165) is 46.8 Å². The van der Waals surface area contributed by atoms with Crippen molar-refractivity contribution in [3.63, 3.8) is 0 Å². The van der Waals surface area contributed by atoms with Gasteiger partial charge in [-0.1, -0.05) is 66.7 Å². The van der Waals surface area contributed by atoms with Crippen molar-refractivity contribution >= 4 is 27.8 Å². The summed E-state index contributed by atoms with van der Waals surface area (Å²) in [7, 11) is 1.57. The number of methoxy groups -OCH3 is 1. The van der Waals surface area contributed by atoms with Gasteiger partial charge in [0.1, 0.15) is 12.4 Å². The van der Waals surface area contributed by atoms with E-state index in [-0.39, 0.29) is 12.3 Å². The maximum Gasteiger partial charge on any atom is 0.354 e. The first-order chi connectivity index (χ1) is 17.7. The van der Waals surface area contributed by atoms with Crippen LogP contribution in [0.1, 0.15) is 33.6 Å². The molecule has 5 rings (SSSR count). The molecule has 1 N–H and O–H groups in total. The van der Waals surface area contributed by atoms with Gasteiger partial charge < -0.3 is 19.1 Å². The fourth-order valence-electron chi connectivity index (χ4n) is 4.80. The van der Waals surface area contributed by atoms with Gasteiger partial charge in [0.2, 0.25) is 0 Å². The van der Waals surface area contributed by atoms with E-state index in [4.69, 9.17) is 9.47 Å². The predicted molar refractivity (Wildman–Crippen MR) is 140 cm³/mol. The minimum Gasteiger partial charge on any atom is -0.488 e. The molecular weight excluding hydrogens is 452 g/mol. The van der Waals surface area contributed by atoms with Crippen LogP contribution >= 0.6 is 0 Å². The number of hydrogen-bond donors (Lipinski definition) is 1. The molecule has 0 amide bonds. The second-order valence-corrected chi connectivity index (χ2v) is 8.75. The minimum atomic E-state index is -1.07. The summed E-state index contributed by atoms with van der Waals surface area (Å²) in [5.41, 5.74) is 4.79. The Labute approximate surface area is 209 Å². The van der Waals surface area contributed by atoms with Gasteiger partial charge in [0.15, 0.2) is 5.69 Å². The topological polar surface area (TPSA) is 73.6 Å². The summed E-state index contributed by atoms with van der Waals surface area (Å²) in [6.07, 6.45) is 3.54. The van der Waals surface area contributed by atoms with E-state index >= 15 is 0 Å². The quantitative estimate of drug-likeness (QED) is 0.256. The number of aromatic nitrogens is 2. The smallest absolute Gasteiger partial charge is 0.354 e. The van der Waals surface area contributed by atoms with Crippen LogP contribution in [0.3, 0.4) is 0 Å². The van der Waals surface area contributed by atoms with Gasteiger partial charge in [0.25, 0.3) is 0 Å². The molecule has 0 fully saturated rings. The van der Waals surface area contributed by atoms with E-state index in [9.17, 15) is 9.90 Å². The third-order valence-corrected chi connectivity index (χ3v) is 6.41. The largest absolute Gasteiger partial charge is 0.488 e. The zero-order valence-corrected chi connectivity index (χ0v) is 20.2. The van der Waals surface area contributed by atoms with Crippen LogP contribution in [0.4, 0.5) is 0 Å². The Morgan fingerprint density at radius 2 is 1.58 bits per heavy atom. The van der Waals surface area contributed by atoms with Crippen LogP contribution in [-0.4, -0.2) is 27.7 Å². The first-order valence-electron chi connectivity index (χ1n) is 12.0. The Kier molecular flexibility index (Phi) is 6.96. The molecule has 3 aromatic carbocycles. The summed E-state index contributed by atoms with van der Waals surface area (Å²) in [6.45, 7) is 1.32. The third-order valence-electron chi connectivity index (χ3n) is 6.41. The second kappa shape index (κ2) is 10.6. The summed E-state index contributed by atoms with van der Waals surface area (Å²) in [4.78, 5) is 16.4. The lowest BCUT2D eigenvalue weighted by atomic mass is 10.1. The Hall–Kier alpha value is -4.16. The molecule has 0 saturated carbocycles. The third kappa shape index (κ3) is 4.68. The average molecular weight is 481 g/mol. The zero-order valence-electron chi connectivity index (χ0n) is 20.2. The molecule has 0 unspecified atom stereocenters. The van der Waals surface area contributed by atoms with E-state index in [0.29, 0.717) is 17.9 Å². The number of benzene rings is 3. The first kappa shape index (κ1) is 23.6. The maximum absolute atomic E-state index is 12.1. The van der Waals surface area contributed by atoms with Crippen molar-refractivity contribution in [2.75, 3.05) is 7.11 Å². The van der Waals surface area contributed by atoms with Crippen LogP contribution in [0.25, 0.3) is 21.8 Å². The maximum atomic E-state index is 12.1. The number of carbonyl (C=O) groups is 1. The molecule has 0 spiro atoms. The van der Waals surface area contributed by atoms with Crippen molar-refractivity contribution in [2.24, 2.45) is 0 Å². The molecule has 2 heterocycles. The minimum absolute atomic E-state index is 0.00514. The van der Waals surface area contributed by atoms with Crippen LogP contribution in [0.15, 0.2) is 85.1 Å². The van der Waals surface area contributed by atoms with Crippen LogP contribution < -0.4 is 4.74 Å². The Morgan fingerprint density at radius 3 is 2.28 bits per heavy atom. The van der Waals surface area contributed by atoms with Crippen molar-refractivity contribution < 1.29 is 19.4 Å². The lowest BCUT2D eigenvalue weighted by molar-refractivity contribution is 0.0685. The van der Waals surface area contributed by atoms with E-state index in [2.05, 4.69) is 39.9 Å². The van der Waals surface area contributed by atoms with Gasteiger partial charge in [-0.3, -0.25) is 0 Å². The van der Waals surface area contributed by atoms with Crippen molar-refractivity contribution in [2.45, 2.75) is 32.6 Å². The molecule has 2 aromatic heterocycles. The monoisotopic (exact) mass is 480 g/mol. The zero-order chi connectivity index (χ0) is 24.9. The van der Waals surface area contributed by atoms with Gasteiger partial charge in [-0.05, 0) is 36.1 Å². The molecule has 0 aliphatic heterocycles. The van der Waals surface area contributed by atoms with Crippen LogP contribution in [0.5, 0.6) is 5.75 Å². The number of nitrogens with zero attached hydrogens (tertiary/aromatic N) is 2. The van der Waals surface area contributed by atoms with E-state index in [1.807, 2.05) is 48.5 Å². The predicted octanol–water partition coefficient (Wildman–Crippen LogP) is 6.25. The SMILES string of the molecule is COCc1c(C(=O)O)ncc2c1c1c(OCc3ccccc3)cccc1n2CCCc1ccccc1. The number of aromatic carboxylic acids is 1. The van der Waals surface area contributed by atoms with E-state index < -0.39 is 5.97 Å². The molecule has 5 aromatic rings. The molecule has 6 heteroatoms. The second-order valence-electron chi connectivity index (χ2n) is 8.75. The average Bonchev–Trinajstić information content (AvgIpc) is 3.23. The molecule has 0 aliphatic rings. The number of rotatable bonds is 10. The van der Waals surface area contributed by atoms with Gasteiger partial charge in [0.05, 0.1) is 29.2 Å². The number of ether oxygens (including phenoxy) is 2. The number of hydrogen-bond acceptors (Lipinski definition) is 4. The summed E-state index contributed by atoms with van der Waals surface area (Å²) < 4.78 is 14.0. The normalized spacial score (nSPS) is 11.2. The van der Waals surface area contributed by atoms with Gasteiger partial charge in [-0.25, -0.2) is 9.78 Å². The summed E-state index contributed by atoms with van der Waals surface area (Å²) >= 11 is 0. The van der Waals surface area contributed by atoms with Crippen molar-refractivity contribution in [3.05, 3.63) is 107 Å². The first-order valence-corrected chi connectivity index (χ1v) is 12.0. The van der Waals surface area contributed by atoms with E-state index in [1.54, 1.807) is 13.3 Å².